The molecule has 0 aliphatic carbocycles. The Morgan fingerprint density at radius 2 is 1.79 bits per heavy atom. The summed E-state index contributed by atoms with van der Waals surface area (Å²) in [6.07, 6.45) is 3.33. The van der Waals surface area contributed by atoms with Gasteiger partial charge in [-0.2, -0.15) is 0 Å². The lowest BCUT2D eigenvalue weighted by Gasteiger charge is -2.26. The number of nitrogens with one attached hydrogen (secondary N) is 1. The molecule has 1 aliphatic heterocycles. The molecule has 1 N–H and O–H groups in total. The second-order valence-corrected chi connectivity index (χ2v) is 8.49. The van der Waals surface area contributed by atoms with E-state index in [1.807, 2.05) is 37.3 Å². The highest BCUT2D eigenvalue weighted by molar-refractivity contribution is 6.09. The van der Waals surface area contributed by atoms with Gasteiger partial charge in [0.1, 0.15) is 17.9 Å². The van der Waals surface area contributed by atoms with Gasteiger partial charge in [0.05, 0.1) is 0 Å². The number of rotatable bonds is 7. The van der Waals surface area contributed by atoms with E-state index in [0.717, 1.165) is 21.6 Å². The molecule has 3 aromatic rings. The predicted molar refractivity (Wildman–Crippen MR) is 124 cm³/mol. The second kappa shape index (κ2) is 9.43. The summed E-state index contributed by atoms with van der Waals surface area (Å²) in [5.41, 5.74) is 1.89. The van der Waals surface area contributed by atoms with Gasteiger partial charge in [0, 0.05) is 25.5 Å². The van der Waals surface area contributed by atoms with Gasteiger partial charge in [-0.25, -0.2) is 9.18 Å². The molecule has 34 heavy (non-hydrogen) atoms. The zero-order valence-electron chi connectivity index (χ0n) is 19.0. The van der Waals surface area contributed by atoms with Crippen molar-refractivity contribution in [2.24, 2.45) is 0 Å². The monoisotopic (exact) mass is 460 g/mol. The van der Waals surface area contributed by atoms with E-state index in [2.05, 4.69) is 10.3 Å². The highest BCUT2D eigenvalue weighted by Gasteiger charge is 2.49. The standard InChI is InChI=1S/C26H25FN4O3/c1-18-6-3-4-8-20(18)16-30(15-19-7-5-13-28-14-19)23(32)17-31-24(33)26(2,29-25(31)34)21-9-11-22(27)12-10-21/h3-14H,15-17H2,1-2H3,(H,29,34). The van der Waals surface area contributed by atoms with Crippen LogP contribution in [-0.2, 0) is 28.2 Å². The fourth-order valence-electron chi connectivity index (χ4n) is 3.99. The first-order valence-corrected chi connectivity index (χ1v) is 10.9. The van der Waals surface area contributed by atoms with Crippen LogP contribution in [0.3, 0.4) is 0 Å². The van der Waals surface area contributed by atoms with Crippen molar-refractivity contribution in [1.29, 1.82) is 0 Å². The van der Waals surface area contributed by atoms with Gasteiger partial charge < -0.3 is 10.2 Å². The molecule has 1 aromatic heterocycles. The minimum absolute atomic E-state index is 0.278. The molecular formula is C26H25FN4O3. The van der Waals surface area contributed by atoms with E-state index in [1.165, 1.54) is 24.3 Å². The number of benzene rings is 2. The highest BCUT2D eigenvalue weighted by atomic mass is 19.1. The van der Waals surface area contributed by atoms with Crippen LogP contribution in [0.1, 0.15) is 29.2 Å². The molecule has 0 saturated carbocycles. The number of pyridine rings is 1. The van der Waals surface area contributed by atoms with Crippen molar-refractivity contribution in [3.05, 3.63) is 101 Å². The van der Waals surface area contributed by atoms with Crippen molar-refractivity contribution in [1.82, 2.24) is 20.1 Å². The minimum Gasteiger partial charge on any atom is -0.332 e. The quantitative estimate of drug-likeness (QED) is 0.547. The van der Waals surface area contributed by atoms with E-state index in [0.29, 0.717) is 12.1 Å². The number of aryl methyl sites for hydroxylation is 1. The average Bonchev–Trinajstić information content (AvgIpc) is 3.04. The third-order valence-corrected chi connectivity index (χ3v) is 6.06. The maximum atomic E-state index is 13.4. The molecule has 8 heteroatoms. The number of urea groups is 1. The van der Waals surface area contributed by atoms with Crippen LogP contribution in [-0.4, -0.2) is 39.2 Å². The fraction of sp³-hybridized carbons (Fsp3) is 0.231. The van der Waals surface area contributed by atoms with Gasteiger partial charge in [-0.3, -0.25) is 19.5 Å². The SMILES string of the molecule is Cc1ccccc1CN(Cc1cccnc1)C(=O)CN1C(=O)NC(C)(c2ccc(F)cc2)C1=O. The van der Waals surface area contributed by atoms with Crippen LogP contribution in [0.4, 0.5) is 9.18 Å². The summed E-state index contributed by atoms with van der Waals surface area (Å²) >= 11 is 0. The van der Waals surface area contributed by atoms with Crippen molar-refractivity contribution < 1.29 is 18.8 Å². The number of imide groups is 1. The lowest BCUT2D eigenvalue weighted by molar-refractivity contribution is -0.139. The maximum Gasteiger partial charge on any atom is 0.325 e. The molecule has 1 fully saturated rings. The van der Waals surface area contributed by atoms with E-state index in [-0.39, 0.29) is 12.5 Å². The van der Waals surface area contributed by atoms with Gasteiger partial charge in [-0.1, -0.05) is 42.5 Å². The van der Waals surface area contributed by atoms with Gasteiger partial charge in [-0.05, 0) is 54.3 Å². The summed E-state index contributed by atoms with van der Waals surface area (Å²) in [6, 6.07) is 16.1. The summed E-state index contributed by atoms with van der Waals surface area (Å²) in [5.74, 6) is -1.38. The second-order valence-electron chi connectivity index (χ2n) is 8.49. The molecule has 2 heterocycles. The Kier molecular flexibility index (Phi) is 6.40. The summed E-state index contributed by atoms with van der Waals surface area (Å²) in [5, 5.41) is 2.65. The third kappa shape index (κ3) is 4.66. The van der Waals surface area contributed by atoms with Gasteiger partial charge in [0.15, 0.2) is 0 Å². The lowest BCUT2D eigenvalue weighted by atomic mass is 9.92. The zero-order chi connectivity index (χ0) is 24.3. The number of nitrogens with zero attached hydrogens (tertiary/aromatic N) is 3. The number of hydrogen-bond acceptors (Lipinski definition) is 4. The minimum atomic E-state index is -1.38. The van der Waals surface area contributed by atoms with Crippen molar-refractivity contribution in [3.63, 3.8) is 0 Å². The molecule has 1 aliphatic rings. The summed E-state index contributed by atoms with van der Waals surface area (Å²) in [4.78, 5) is 45.9. The first-order valence-electron chi connectivity index (χ1n) is 10.9. The van der Waals surface area contributed by atoms with Crippen molar-refractivity contribution >= 4 is 17.8 Å². The van der Waals surface area contributed by atoms with Crippen LogP contribution < -0.4 is 5.32 Å². The molecule has 1 saturated heterocycles. The molecule has 0 radical (unpaired) electrons. The van der Waals surface area contributed by atoms with Crippen LogP contribution in [0.2, 0.25) is 0 Å². The van der Waals surface area contributed by atoms with Gasteiger partial charge in [-0.15, -0.1) is 0 Å². The molecule has 1 unspecified atom stereocenters. The summed E-state index contributed by atoms with van der Waals surface area (Å²) in [6.45, 7) is 3.70. The van der Waals surface area contributed by atoms with E-state index >= 15 is 0 Å². The molecule has 2 aromatic carbocycles. The fourth-order valence-corrected chi connectivity index (χ4v) is 3.99. The maximum absolute atomic E-state index is 13.4. The van der Waals surface area contributed by atoms with E-state index in [1.54, 1.807) is 30.3 Å². The third-order valence-electron chi connectivity index (χ3n) is 6.06. The molecule has 7 nitrogen and oxygen atoms in total. The molecule has 4 amide bonds. The van der Waals surface area contributed by atoms with Gasteiger partial charge in [0.25, 0.3) is 5.91 Å². The topological polar surface area (TPSA) is 82.6 Å². The number of amides is 4. The molecule has 0 spiro atoms. The Labute approximate surface area is 197 Å². The number of halogens is 1. The average molecular weight is 461 g/mol. The van der Waals surface area contributed by atoms with Crippen LogP contribution in [0.15, 0.2) is 73.1 Å². The smallest absolute Gasteiger partial charge is 0.325 e. The number of carbonyl (C=O) groups is 3. The normalized spacial score (nSPS) is 17.6. The Morgan fingerprint density at radius 1 is 1.06 bits per heavy atom. The first kappa shape index (κ1) is 23.1. The Morgan fingerprint density at radius 3 is 2.47 bits per heavy atom. The molecule has 4 rings (SSSR count). The molecule has 174 valence electrons. The molecule has 0 bridgehead atoms. The van der Waals surface area contributed by atoms with Gasteiger partial charge >= 0.3 is 6.03 Å². The van der Waals surface area contributed by atoms with E-state index < -0.39 is 29.8 Å². The largest absolute Gasteiger partial charge is 0.332 e. The lowest BCUT2D eigenvalue weighted by Crippen LogP contribution is -2.44. The van der Waals surface area contributed by atoms with Crippen LogP contribution in [0, 0.1) is 12.7 Å². The van der Waals surface area contributed by atoms with E-state index in [9.17, 15) is 18.8 Å². The Balaban J connectivity index is 1.56. The number of hydrogen-bond donors (Lipinski definition) is 1. The number of carbonyl (C=O) groups excluding carboxylic acids is 3. The first-order chi connectivity index (χ1) is 16.3. The predicted octanol–water partition coefficient (Wildman–Crippen LogP) is 3.53. The Hall–Kier alpha value is -4.07. The van der Waals surface area contributed by atoms with Crippen LogP contribution in [0.5, 0.6) is 0 Å². The van der Waals surface area contributed by atoms with Crippen molar-refractivity contribution in [2.45, 2.75) is 32.5 Å². The Bertz CT molecular complexity index is 1220. The number of aromatic nitrogens is 1. The highest BCUT2D eigenvalue weighted by Crippen LogP contribution is 2.29. The van der Waals surface area contributed by atoms with Crippen LogP contribution in [0.25, 0.3) is 0 Å². The van der Waals surface area contributed by atoms with Crippen molar-refractivity contribution in [2.75, 3.05) is 6.54 Å². The molecular weight excluding hydrogens is 435 g/mol. The molecule has 1 atom stereocenters. The zero-order valence-corrected chi connectivity index (χ0v) is 19.0. The van der Waals surface area contributed by atoms with E-state index in [4.69, 9.17) is 0 Å². The summed E-state index contributed by atoms with van der Waals surface area (Å²) in [7, 11) is 0. The van der Waals surface area contributed by atoms with Gasteiger partial charge in [0.2, 0.25) is 5.91 Å². The summed E-state index contributed by atoms with van der Waals surface area (Å²) < 4.78 is 13.4. The van der Waals surface area contributed by atoms with Crippen LogP contribution >= 0.6 is 0 Å². The van der Waals surface area contributed by atoms with Crippen molar-refractivity contribution in [3.8, 4) is 0 Å².